The van der Waals surface area contributed by atoms with Crippen molar-refractivity contribution < 1.29 is 28.1 Å². The summed E-state index contributed by atoms with van der Waals surface area (Å²) in [5, 5.41) is 19.4. The molecule has 2 fully saturated rings. The number of aromatic amines is 1. The number of aliphatic hydroxyl groups is 2. The van der Waals surface area contributed by atoms with Gasteiger partial charge in [-0.1, -0.05) is 12.2 Å². The molecule has 21 heavy (non-hydrogen) atoms. The van der Waals surface area contributed by atoms with E-state index in [9.17, 15) is 28.2 Å². The third-order valence-corrected chi connectivity index (χ3v) is 4.34. The van der Waals surface area contributed by atoms with Crippen molar-refractivity contribution in [3.8, 4) is 0 Å². The summed E-state index contributed by atoms with van der Waals surface area (Å²) >= 11 is 4.71. The van der Waals surface area contributed by atoms with Gasteiger partial charge >= 0.3 is 11.9 Å². The number of nitrogens with one attached hydrogen (secondary N) is 1. The molecule has 0 amide bonds. The van der Waals surface area contributed by atoms with E-state index in [4.69, 9.17) is 17.0 Å². The van der Waals surface area contributed by atoms with Crippen molar-refractivity contribution in [2.75, 3.05) is 6.61 Å². The molecule has 1 aliphatic heterocycles. The monoisotopic (exact) mass is 324 g/mol. The van der Waals surface area contributed by atoms with E-state index in [0.717, 1.165) is 6.20 Å². The highest BCUT2D eigenvalue weighted by molar-refractivity contribution is 7.71. The summed E-state index contributed by atoms with van der Waals surface area (Å²) in [6, 6.07) is 1.21. The maximum Gasteiger partial charge on any atom is 0.422 e. The van der Waals surface area contributed by atoms with Gasteiger partial charge in [-0.05, 0) is 12.5 Å². The van der Waals surface area contributed by atoms with Crippen LogP contribution in [0.15, 0.2) is 17.1 Å². The summed E-state index contributed by atoms with van der Waals surface area (Å²) in [5.74, 6) is -1.31. The standard InChI is InChI=1S/C11H11F3N2O4S/c12-11(13,14)10(19)5-3-9(5,4-17)20-7(10)16-2-1-6(21)15-8(16)18/h1-2,5,7,17,19H,3-4H2,(H,15,18,21)/t5?,7-,9?,10?/m1/s1. The van der Waals surface area contributed by atoms with Crippen molar-refractivity contribution >= 4 is 12.2 Å². The van der Waals surface area contributed by atoms with Crippen LogP contribution in [-0.4, -0.2) is 43.7 Å². The predicted molar refractivity (Wildman–Crippen MR) is 64.9 cm³/mol. The first-order valence-electron chi connectivity index (χ1n) is 6.05. The Hall–Kier alpha value is -1.23. The molecule has 1 saturated heterocycles. The van der Waals surface area contributed by atoms with Crippen molar-refractivity contribution in [2.45, 2.75) is 30.0 Å². The fourth-order valence-electron chi connectivity index (χ4n) is 2.89. The van der Waals surface area contributed by atoms with Gasteiger partial charge in [0.15, 0.2) is 6.23 Å². The van der Waals surface area contributed by atoms with Crippen molar-refractivity contribution in [2.24, 2.45) is 5.92 Å². The molecular weight excluding hydrogens is 313 g/mol. The van der Waals surface area contributed by atoms with Gasteiger partial charge in [-0.3, -0.25) is 9.55 Å². The highest BCUT2D eigenvalue weighted by Crippen LogP contribution is 2.67. The number of hydrogen-bond donors (Lipinski definition) is 3. The number of fused-ring (bicyclic) bond motifs is 1. The number of aromatic nitrogens is 2. The molecule has 1 aliphatic carbocycles. The highest BCUT2D eigenvalue weighted by Gasteiger charge is 2.82. The van der Waals surface area contributed by atoms with Gasteiger partial charge in [0.05, 0.1) is 6.61 Å². The van der Waals surface area contributed by atoms with Crippen molar-refractivity contribution in [3.05, 3.63) is 27.4 Å². The topological polar surface area (TPSA) is 87.5 Å². The lowest BCUT2D eigenvalue weighted by Crippen LogP contribution is -2.53. The van der Waals surface area contributed by atoms with Crippen LogP contribution in [0, 0.1) is 10.6 Å². The fourth-order valence-corrected chi connectivity index (χ4v) is 3.04. The first-order chi connectivity index (χ1) is 9.65. The zero-order valence-electron chi connectivity index (χ0n) is 10.4. The Morgan fingerprint density at radius 3 is 2.76 bits per heavy atom. The van der Waals surface area contributed by atoms with Gasteiger partial charge < -0.3 is 14.9 Å². The Morgan fingerprint density at radius 2 is 2.24 bits per heavy atom. The minimum atomic E-state index is -5.01. The Morgan fingerprint density at radius 1 is 1.57 bits per heavy atom. The number of hydrogen-bond acceptors (Lipinski definition) is 5. The number of rotatable bonds is 2. The molecule has 4 atom stereocenters. The number of alkyl halides is 3. The van der Waals surface area contributed by atoms with Gasteiger partial charge in [-0.2, -0.15) is 13.2 Å². The SMILES string of the molecule is O=c1[nH]c(=S)ccn1[C@@H]1OC2(CO)CC2C1(O)C(F)(F)F. The van der Waals surface area contributed by atoms with Crippen molar-refractivity contribution in [3.63, 3.8) is 0 Å². The summed E-state index contributed by atoms with van der Waals surface area (Å²) in [6.07, 6.45) is -6.07. The van der Waals surface area contributed by atoms with Gasteiger partial charge in [-0.25, -0.2) is 4.79 Å². The second kappa shape index (κ2) is 4.15. The molecule has 10 heteroatoms. The van der Waals surface area contributed by atoms with Crippen LogP contribution in [0.3, 0.4) is 0 Å². The molecule has 1 aromatic rings. The van der Waals surface area contributed by atoms with E-state index in [1.807, 2.05) is 0 Å². The van der Waals surface area contributed by atoms with E-state index >= 15 is 0 Å². The second-order valence-electron chi connectivity index (χ2n) is 5.29. The molecule has 1 aromatic heterocycles. The quantitative estimate of drug-likeness (QED) is 0.689. The molecule has 1 saturated carbocycles. The Kier molecular flexibility index (Phi) is 2.91. The summed E-state index contributed by atoms with van der Waals surface area (Å²) in [4.78, 5) is 13.9. The van der Waals surface area contributed by atoms with Crippen LogP contribution in [0.1, 0.15) is 12.6 Å². The number of halogens is 3. The maximum atomic E-state index is 13.3. The molecule has 0 aromatic carbocycles. The molecule has 3 rings (SSSR count). The number of ether oxygens (including phenoxy) is 1. The van der Waals surface area contributed by atoms with E-state index in [1.165, 1.54) is 6.07 Å². The lowest BCUT2D eigenvalue weighted by Gasteiger charge is -2.33. The summed E-state index contributed by atoms with van der Waals surface area (Å²) in [5.41, 5.74) is -5.62. The summed E-state index contributed by atoms with van der Waals surface area (Å²) in [7, 11) is 0. The van der Waals surface area contributed by atoms with E-state index in [1.54, 1.807) is 0 Å². The number of H-pyrrole nitrogens is 1. The van der Waals surface area contributed by atoms with Crippen LogP contribution < -0.4 is 5.69 Å². The van der Waals surface area contributed by atoms with E-state index in [2.05, 4.69) is 4.98 Å². The lowest BCUT2D eigenvalue weighted by atomic mass is 9.94. The molecule has 0 spiro atoms. The Labute approximate surface area is 120 Å². The normalized spacial score (nSPS) is 38.3. The van der Waals surface area contributed by atoms with Crippen molar-refractivity contribution in [1.82, 2.24) is 9.55 Å². The summed E-state index contributed by atoms with van der Waals surface area (Å²) < 4.78 is 45.8. The van der Waals surface area contributed by atoms with E-state index in [0.29, 0.717) is 4.57 Å². The largest absolute Gasteiger partial charge is 0.422 e. The first kappa shape index (κ1) is 14.7. The molecule has 0 bridgehead atoms. The molecular formula is C11H11F3N2O4S. The van der Waals surface area contributed by atoms with E-state index < -0.39 is 41.8 Å². The molecule has 2 heterocycles. The lowest BCUT2D eigenvalue weighted by molar-refractivity contribution is -0.300. The third kappa shape index (κ3) is 1.83. The van der Waals surface area contributed by atoms with Crippen LogP contribution in [-0.2, 0) is 4.74 Å². The minimum Gasteiger partial charge on any atom is -0.393 e. The van der Waals surface area contributed by atoms with Gasteiger partial charge in [0.1, 0.15) is 10.2 Å². The zero-order chi connectivity index (χ0) is 15.6. The molecule has 3 N–H and O–H groups in total. The van der Waals surface area contributed by atoms with Crippen LogP contribution in [0.2, 0.25) is 0 Å². The van der Waals surface area contributed by atoms with Gasteiger partial charge in [0.2, 0.25) is 5.60 Å². The highest BCUT2D eigenvalue weighted by atomic mass is 32.1. The van der Waals surface area contributed by atoms with Crippen LogP contribution in [0.5, 0.6) is 0 Å². The predicted octanol–water partition coefficient (Wildman–Crippen LogP) is 0.479. The van der Waals surface area contributed by atoms with Gasteiger partial charge in [0, 0.05) is 12.1 Å². The van der Waals surface area contributed by atoms with Crippen LogP contribution in [0.25, 0.3) is 0 Å². The summed E-state index contributed by atoms with van der Waals surface area (Å²) in [6.45, 7) is -0.663. The third-order valence-electron chi connectivity index (χ3n) is 4.10. The Balaban J connectivity index is 2.13. The average Bonchev–Trinajstić information content (AvgIpc) is 3.04. The smallest absolute Gasteiger partial charge is 0.393 e. The molecule has 2 aliphatic rings. The molecule has 3 unspecified atom stereocenters. The maximum absolute atomic E-state index is 13.3. The van der Waals surface area contributed by atoms with Crippen molar-refractivity contribution in [1.29, 1.82) is 0 Å². The van der Waals surface area contributed by atoms with Crippen LogP contribution >= 0.6 is 12.2 Å². The average molecular weight is 324 g/mol. The molecule has 116 valence electrons. The van der Waals surface area contributed by atoms with Gasteiger partial charge in [0.25, 0.3) is 0 Å². The zero-order valence-corrected chi connectivity index (χ0v) is 11.2. The number of aliphatic hydroxyl groups excluding tert-OH is 1. The Bertz CT molecular complexity index is 702. The molecule has 0 radical (unpaired) electrons. The second-order valence-corrected chi connectivity index (χ2v) is 5.73. The molecule has 6 nitrogen and oxygen atoms in total. The minimum absolute atomic E-state index is 0.0480. The first-order valence-corrected chi connectivity index (χ1v) is 6.46. The number of nitrogens with zero attached hydrogens (tertiary/aromatic N) is 1. The van der Waals surface area contributed by atoms with Crippen LogP contribution in [0.4, 0.5) is 13.2 Å². The van der Waals surface area contributed by atoms with E-state index in [-0.39, 0.29) is 11.1 Å². The van der Waals surface area contributed by atoms with Gasteiger partial charge in [-0.15, -0.1) is 0 Å². The fraction of sp³-hybridized carbons (Fsp3) is 0.636.